The van der Waals surface area contributed by atoms with E-state index in [4.69, 9.17) is 8.85 Å². The van der Waals surface area contributed by atoms with Crippen molar-refractivity contribution >= 4 is 8.56 Å². The first kappa shape index (κ1) is 22.0. The third-order valence-electron chi connectivity index (χ3n) is 4.47. The maximum absolute atomic E-state index is 13.5. The summed E-state index contributed by atoms with van der Waals surface area (Å²) in [6.45, 7) is 2.00. The first-order chi connectivity index (χ1) is 11.8. The van der Waals surface area contributed by atoms with Crippen molar-refractivity contribution in [3.8, 4) is 0 Å². The summed E-state index contributed by atoms with van der Waals surface area (Å²) >= 11 is 0. The van der Waals surface area contributed by atoms with Gasteiger partial charge in [0.25, 0.3) is 0 Å². The van der Waals surface area contributed by atoms with E-state index in [1.807, 2.05) is 6.55 Å². The molecule has 0 aliphatic rings. The number of unbranched alkanes of at least 4 members (excludes halogenated alkanes) is 5. The molecule has 0 bridgehead atoms. The molecule has 0 radical (unpaired) electrons. The first-order valence-electron chi connectivity index (χ1n) is 8.38. The Hall–Kier alpha value is -0.993. The Morgan fingerprint density at radius 3 is 1.52 bits per heavy atom. The van der Waals surface area contributed by atoms with Crippen molar-refractivity contribution in [3.63, 3.8) is 0 Å². The first-order valence-corrected chi connectivity index (χ1v) is 10.9. The molecule has 8 heteroatoms. The van der Waals surface area contributed by atoms with Crippen molar-refractivity contribution in [3.05, 3.63) is 34.6 Å². The Balaban J connectivity index is 2.31. The predicted octanol–water partition coefficient (Wildman–Crippen LogP) is 5.63. The lowest BCUT2D eigenvalue weighted by molar-refractivity contribution is 0.248. The summed E-state index contributed by atoms with van der Waals surface area (Å²) in [5, 5.41) is 0. The third kappa shape index (κ3) is 6.04. The second-order valence-electron chi connectivity index (χ2n) is 6.21. The van der Waals surface area contributed by atoms with E-state index in [0.29, 0.717) is 12.8 Å². The molecule has 0 unspecified atom stereocenters. The number of hydrogen-bond acceptors (Lipinski definition) is 2. The van der Waals surface area contributed by atoms with Crippen molar-refractivity contribution in [2.24, 2.45) is 0 Å². The molecule has 0 amide bonds. The van der Waals surface area contributed by atoms with Gasteiger partial charge in [-0.15, -0.1) is 0 Å². The fraction of sp³-hybridized carbons (Fsp3) is 0.647. The minimum Gasteiger partial charge on any atom is -0.398 e. The number of halogens is 5. The van der Waals surface area contributed by atoms with Crippen LogP contribution < -0.4 is 0 Å². The number of rotatable bonds is 11. The molecule has 25 heavy (non-hydrogen) atoms. The van der Waals surface area contributed by atoms with Gasteiger partial charge in [0.05, 0.1) is 0 Å². The Bertz CT molecular complexity index is 535. The van der Waals surface area contributed by atoms with Gasteiger partial charge in [-0.2, -0.15) is 0 Å². The molecule has 0 saturated carbocycles. The SMILES string of the molecule is CO[Si](C)(CCCCCCCCc1c(F)c(F)c(F)c(F)c1F)OC. The summed E-state index contributed by atoms with van der Waals surface area (Å²) in [5.74, 6) is -9.31. The van der Waals surface area contributed by atoms with Gasteiger partial charge < -0.3 is 8.85 Å². The van der Waals surface area contributed by atoms with Crippen LogP contribution in [0.3, 0.4) is 0 Å². The molecular formula is C17H25F5O2Si. The second kappa shape index (κ2) is 10.2. The van der Waals surface area contributed by atoms with Crippen LogP contribution in [0.1, 0.15) is 44.1 Å². The van der Waals surface area contributed by atoms with E-state index in [1.165, 1.54) is 0 Å². The quantitative estimate of drug-likeness (QED) is 0.162. The van der Waals surface area contributed by atoms with E-state index in [0.717, 1.165) is 31.7 Å². The van der Waals surface area contributed by atoms with Crippen LogP contribution in [0.4, 0.5) is 22.0 Å². The number of benzene rings is 1. The van der Waals surface area contributed by atoms with Crippen molar-refractivity contribution < 1.29 is 30.8 Å². The van der Waals surface area contributed by atoms with Crippen molar-refractivity contribution in [2.45, 2.75) is 57.5 Å². The van der Waals surface area contributed by atoms with Crippen LogP contribution in [-0.4, -0.2) is 22.8 Å². The van der Waals surface area contributed by atoms with Gasteiger partial charge in [-0.1, -0.05) is 32.1 Å². The largest absolute Gasteiger partial charge is 0.398 e. The van der Waals surface area contributed by atoms with Gasteiger partial charge in [0.15, 0.2) is 23.3 Å². The Labute approximate surface area is 146 Å². The summed E-state index contributed by atoms with van der Waals surface area (Å²) in [4.78, 5) is 0. The van der Waals surface area contributed by atoms with Crippen LogP contribution in [0, 0.1) is 29.1 Å². The van der Waals surface area contributed by atoms with Gasteiger partial charge >= 0.3 is 8.56 Å². The molecule has 0 heterocycles. The lowest BCUT2D eigenvalue weighted by Gasteiger charge is -2.22. The molecule has 0 spiro atoms. The molecule has 0 aromatic heterocycles. The normalized spacial score (nSPS) is 12.0. The molecule has 0 fully saturated rings. The third-order valence-corrected chi connectivity index (χ3v) is 7.46. The molecule has 1 aromatic rings. The highest BCUT2D eigenvalue weighted by atomic mass is 28.4. The summed E-state index contributed by atoms with van der Waals surface area (Å²) in [7, 11) is 1.27. The minimum absolute atomic E-state index is 0.163. The van der Waals surface area contributed by atoms with E-state index in [2.05, 4.69) is 0 Å². The maximum Gasteiger partial charge on any atom is 0.334 e. The van der Waals surface area contributed by atoms with E-state index in [-0.39, 0.29) is 6.42 Å². The molecule has 0 atom stereocenters. The summed E-state index contributed by atoms with van der Waals surface area (Å²) < 4.78 is 76.9. The van der Waals surface area contributed by atoms with Crippen LogP contribution >= 0.6 is 0 Å². The van der Waals surface area contributed by atoms with Crippen molar-refractivity contribution in [1.82, 2.24) is 0 Å². The number of hydrogen-bond donors (Lipinski definition) is 0. The zero-order valence-electron chi connectivity index (χ0n) is 14.9. The Kier molecular flexibility index (Phi) is 9.02. The highest BCUT2D eigenvalue weighted by Crippen LogP contribution is 2.25. The van der Waals surface area contributed by atoms with Crippen LogP contribution in [0.25, 0.3) is 0 Å². The Morgan fingerprint density at radius 2 is 1.04 bits per heavy atom. The standard InChI is InChI=1S/C17H25F5O2Si/c1-23-25(3,24-2)11-9-7-5-4-6-8-10-12-13(18)15(20)17(22)16(21)14(12)19/h4-11H2,1-3H3. The van der Waals surface area contributed by atoms with Gasteiger partial charge in [0, 0.05) is 19.8 Å². The lowest BCUT2D eigenvalue weighted by Crippen LogP contribution is -2.35. The molecule has 2 nitrogen and oxygen atoms in total. The fourth-order valence-corrected chi connectivity index (χ4v) is 4.08. The van der Waals surface area contributed by atoms with Crippen molar-refractivity contribution in [1.29, 1.82) is 0 Å². The summed E-state index contributed by atoms with van der Waals surface area (Å²) in [5.41, 5.74) is -0.724. The van der Waals surface area contributed by atoms with E-state index < -0.39 is 43.2 Å². The van der Waals surface area contributed by atoms with E-state index >= 15 is 0 Å². The van der Waals surface area contributed by atoms with Gasteiger partial charge in [0.1, 0.15) is 0 Å². The smallest absolute Gasteiger partial charge is 0.334 e. The van der Waals surface area contributed by atoms with Crippen LogP contribution in [0.5, 0.6) is 0 Å². The van der Waals surface area contributed by atoms with Crippen LogP contribution in [-0.2, 0) is 15.3 Å². The van der Waals surface area contributed by atoms with Gasteiger partial charge in [-0.3, -0.25) is 0 Å². The highest BCUT2D eigenvalue weighted by Gasteiger charge is 2.27. The molecule has 1 rings (SSSR count). The second-order valence-corrected chi connectivity index (χ2v) is 9.80. The summed E-state index contributed by atoms with van der Waals surface area (Å²) in [6, 6.07) is 0.893. The molecule has 144 valence electrons. The van der Waals surface area contributed by atoms with E-state index in [9.17, 15) is 22.0 Å². The van der Waals surface area contributed by atoms with E-state index in [1.54, 1.807) is 14.2 Å². The predicted molar refractivity (Wildman–Crippen MR) is 88.1 cm³/mol. The van der Waals surface area contributed by atoms with Crippen LogP contribution in [0.15, 0.2) is 0 Å². The topological polar surface area (TPSA) is 18.5 Å². The fourth-order valence-electron chi connectivity index (χ4n) is 2.61. The molecule has 0 aliphatic carbocycles. The zero-order valence-corrected chi connectivity index (χ0v) is 15.9. The van der Waals surface area contributed by atoms with Gasteiger partial charge in [0.2, 0.25) is 5.82 Å². The zero-order chi connectivity index (χ0) is 19.0. The molecule has 1 aromatic carbocycles. The average molecular weight is 384 g/mol. The molecular weight excluding hydrogens is 359 g/mol. The average Bonchev–Trinajstić information content (AvgIpc) is 2.62. The van der Waals surface area contributed by atoms with Crippen LogP contribution in [0.2, 0.25) is 12.6 Å². The van der Waals surface area contributed by atoms with Gasteiger partial charge in [-0.25, -0.2) is 22.0 Å². The molecule has 0 aliphatic heterocycles. The molecule has 0 saturated heterocycles. The van der Waals surface area contributed by atoms with Gasteiger partial charge in [-0.05, 0) is 25.4 Å². The molecule has 0 N–H and O–H groups in total. The van der Waals surface area contributed by atoms with Crippen molar-refractivity contribution in [2.75, 3.05) is 14.2 Å². The monoisotopic (exact) mass is 384 g/mol. The maximum atomic E-state index is 13.5. The summed E-state index contributed by atoms with van der Waals surface area (Å²) in [6.07, 6.45) is 4.62. The lowest BCUT2D eigenvalue weighted by atomic mass is 10.0. The minimum atomic E-state index is -2.11. The Morgan fingerprint density at radius 1 is 0.640 bits per heavy atom. The highest BCUT2D eigenvalue weighted by molar-refractivity contribution is 6.65.